The third-order valence-corrected chi connectivity index (χ3v) is 4.63. The van der Waals surface area contributed by atoms with Crippen LogP contribution in [0.2, 0.25) is 0 Å². The number of rotatable bonds is 8. The first kappa shape index (κ1) is 20.4. The van der Waals surface area contributed by atoms with Gasteiger partial charge in [0.2, 0.25) is 11.8 Å². The highest BCUT2D eigenvalue weighted by atomic mass is 19.1. The fourth-order valence-corrected chi connectivity index (χ4v) is 3.46. The summed E-state index contributed by atoms with van der Waals surface area (Å²) >= 11 is 0. The zero-order valence-corrected chi connectivity index (χ0v) is 16.4. The van der Waals surface area contributed by atoms with Crippen molar-refractivity contribution in [2.24, 2.45) is 17.8 Å². The molecule has 0 saturated carbocycles. The summed E-state index contributed by atoms with van der Waals surface area (Å²) in [5.74, 6) is 0.457. The van der Waals surface area contributed by atoms with Crippen LogP contribution in [-0.2, 0) is 16.0 Å². The number of hydrogen-bond acceptors (Lipinski definition) is 2. The molecule has 1 saturated heterocycles. The molecule has 0 aromatic heterocycles. The van der Waals surface area contributed by atoms with Crippen LogP contribution in [0, 0.1) is 23.6 Å². The van der Waals surface area contributed by atoms with E-state index in [2.05, 4.69) is 27.7 Å². The second kappa shape index (κ2) is 9.15. The fourth-order valence-electron chi connectivity index (χ4n) is 3.46. The minimum Gasteiger partial charge on any atom is -0.342 e. The molecule has 2 rings (SSSR count). The Morgan fingerprint density at radius 3 is 2.27 bits per heavy atom. The highest BCUT2D eigenvalue weighted by Gasteiger charge is 2.36. The van der Waals surface area contributed by atoms with Crippen LogP contribution in [0.4, 0.5) is 4.39 Å². The van der Waals surface area contributed by atoms with Crippen molar-refractivity contribution in [3.63, 3.8) is 0 Å². The maximum Gasteiger partial charge on any atom is 0.228 e. The van der Waals surface area contributed by atoms with Crippen LogP contribution in [0.15, 0.2) is 24.3 Å². The first-order valence-electron chi connectivity index (χ1n) is 9.57. The van der Waals surface area contributed by atoms with Gasteiger partial charge in [-0.05, 0) is 36.0 Å². The summed E-state index contributed by atoms with van der Waals surface area (Å²) in [7, 11) is 0. The predicted molar refractivity (Wildman–Crippen MR) is 101 cm³/mol. The standard InChI is InChI=1S/C21H31FN2O2/c1-15(2)12-24(13-16(3)4)21(26)18-11-20(25)23(14-18)10-9-17-5-7-19(22)8-6-17/h5-8,15-16,18H,9-14H2,1-4H3. The quantitative estimate of drug-likeness (QED) is 0.711. The number of halogens is 1. The van der Waals surface area contributed by atoms with Crippen molar-refractivity contribution in [3.05, 3.63) is 35.6 Å². The Hall–Kier alpha value is -1.91. The van der Waals surface area contributed by atoms with E-state index < -0.39 is 0 Å². The van der Waals surface area contributed by atoms with Crippen molar-refractivity contribution in [1.82, 2.24) is 9.80 Å². The summed E-state index contributed by atoms with van der Waals surface area (Å²) in [6.07, 6.45) is 0.976. The van der Waals surface area contributed by atoms with Crippen molar-refractivity contribution >= 4 is 11.8 Å². The van der Waals surface area contributed by atoms with Gasteiger partial charge in [-0.25, -0.2) is 4.39 Å². The Bertz CT molecular complexity index is 603. The van der Waals surface area contributed by atoms with E-state index in [9.17, 15) is 14.0 Å². The molecule has 0 bridgehead atoms. The largest absolute Gasteiger partial charge is 0.342 e. The number of benzene rings is 1. The van der Waals surface area contributed by atoms with Gasteiger partial charge in [0.15, 0.2) is 0 Å². The van der Waals surface area contributed by atoms with Gasteiger partial charge in [0.1, 0.15) is 5.82 Å². The molecule has 1 fully saturated rings. The number of likely N-dealkylation sites (tertiary alicyclic amines) is 1. The maximum atomic E-state index is 13.0. The normalized spacial score (nSPS) is 17.4. The van der Waals surface area contributed by atoms with Crippen LogP contribution in [-0.4, -0.2) is 47.8 Å². The molecule has 0 N–H and O–H groups in total. The SMILES string of the molecule is CC(C)CN(CC(C)C)C(=O)C1CC(=O)N(CCc2ccc(F)cc2)C1. The first-order valence-corrected chi connectivity index (χ1v) is 9.57. The van der Waals surface area contributed by atoms with Crippen molar-refractivity contribution in [2.45, 2.75) is 40.5 Å². The van der Waals surface area contributed by atoms with Gasteiger partial charge in [0.05, 0.1) is 5.92 Å². The lowest BCUT2D eigenvalue weighted by molar-refractivity contribution is -0.136. The van der Waals surface area contributed by atoms with Crippen LogP contribution in [0.1, 0.15) is 39.7 Å². The maximum absolute atomic E-state index is 13.0. The second-order valence-corrected chi connectivity index (χ2v) is 8.15. The van der Waals surface area contributed by atoms with Crippen LogP contribution in [0.25, 0.3) is 0 Å². The lowest BCUT2D eigenvalue weighted by atomic mass is 10.0. The van der Waals surface area contributed by atoms with Gasteiger partial charge in [0, 0.05) is 32.6 Å². The van der Waals surface area contributed by atoms with Crippen molar-refractivity contribution in [3.8, 4) is 0 Å². The van der Waals surface area contributed by atoms with E-state index in [1.165, 1.54) is 12.1 Å². The molecule has 0 aliphatic carbocycles. The Morgan fingerprint density at radius 1 is 1.15 bits per heavy atom. The van der Waals surface area contributed by atoms with E-state index in [1.807, 2.05) is 4.90 Å². The van der Waals surface area contributed by atoms with Gasteiger partial charge in [-0.15, -0.1) is 0 Å². The first-order chi connectivity index (χ1) is 12.3. The molecule has 144 valence electrons. The van der Waals surface area contributed by atoms with E-state index in [0.717, 1.165) is 18.7 Å². The molecule has 1 heterocycles. The molecule has 1 unspecified atom stereocenters. The van der Waals surface area contributed by atoms with Crippen molar-refractivity contribution in [2.75, 3.05) is 26.2 Å². The molecule has 4 nitrogen and oxygen atoms in total. The highest BCUT2D eigenvalue weighted by molar-refractivity contribution is 5.89. The van der Waals surface area contributed by atoms with Gasteiger partial charge < -0.3 is 9.80 Å². The lowest BCUT2D eigenvalue weighted by Gasteiger charge is -2.28. The smallest absolute Gasteiger partial charge is 0.228 e. The van der Waals surface area contributed by atoms with E-state index in [1.54, 1.807) is 17.0 Å². The lowest BCUT2D eigenvalue weighted by Crippen LogP contribution is -2.41. The van der Waals surface area contributed by atoms with Crippen LogP contribution >= 0.6 is 0 Å². The minimum atomic E-state index is -0.257. The minimum absolute atomic E-state index is 0.0412. The van der Waals surface area contributed by atoms with E-state index in [-0.39, 0.29) is 23.5 Å². The molecule has 1 aromatic rings. The summed E-state index contributed by atoms with van der Waals surface area (Å²) in [5, 5.41) is 0. The number of carbonyl (C=O) groups is 2. The number of hydrogen-bond donors (Lipinski definition) is 0. The van der Waals surface area contributed by atoms with Crippen LogP contribution in [0.5, 0.6) is 0 Å². The summed E-state index contributed by atoms with van der Waals surface area (Å²) in [4.78, 5) is 29.0. The Balaban J connectivity index is 1.93. The Labute approximate surface area is 156 Å². The van der Waals surface area contributed by atoms with Crippen LogP contribution < -0.4 is 0 Å². The van der Waals surface area contributed by atoms with Gasteiger partial charge in [-0.2, -0.15) is 0 Å². The average Bonchev–Trinajstić information content (AvgIpc) is 2.93. The zero-order valence-electron chi connectivity index (χ0n) is 16.4. The summed E-state index contributed by atoms with van der Waals surface area (Å²) in [5.41, 5.74) is 0.996. The van der Waals surface area contributed by atoms with E-state index in [4.69, 9.17) is 0 Å². The molecule has 5 heteroatoms. The van der Waals surface area contributed by atoms with E-state index >= 15 is 0 Å². The fraction of sp³-hybridized carbons (Fsp3) is 0.619. The van der Waals surface area contributed by atoms with Gasteiger partial charge >= 0.3 is 0 Å². The molecule has 0 radical (unpaired) electrons. The van der Waals surface area contributed by atoms with Gasteiger partial charge in [0.25, 0.3) is 0 Å². The molecule has 1 aliphatic heterocycles. The highest BCUT2D eigenvalue weighted by Crippen LogP contribution is 2.22. The third-order valence-electron chi connectivity index (χ3n) is 4.63. The molecule has 2 amide bonds. The van der Waals surface area contributed by atoms with Crippen molar-refractivity contribution in [1.29, 1.82) is 0 Å². The monoisotopic (exact) mass is 362 g/mol. The number of nitrogens with zero attached hydrogens (tertiary/aromatic N) is 2. The Morgan fingerprint density at radius 2 is 1.73 bits per heavy atom. The third kappa shape index (κ3) is 5.82. The van der Waals surface area contributed by atoms with E-state index in [0.29, 0.717) is 37.8 Å². The molecule has 0 spiro atoms. The molecule has 1 aromatic carbocycles. The number of amides is 2. The molecule has 1 aliphatic rings. The molecule has 26 heavy (non-hydrogen) atoms. The molecule has 1 atom stereocenters. The summed E-state index contributed by atoms with van der Waals surface area (Å²) in [6, 6.07) is 6.35. The number of carbonyl (C=O) groups excluding carboxylic acids is 2. The Kier molecular flexibility index (Phi) is 7.18. The average molecular weight is 362 g/mol. The predicted octanol–water partition coefficient (Wildman–Crippen LogP) is 3.36. The molecular formula is C21H31FN2O2. The van der Waals surface area contributed by atoms with Gasteiger partial charge in [-0.1, -0.05) is 39.8 Å². The second-order valence-electron chi connectivity index (χ2n) is 8.15. The zero-order chi connectivity index (χ0) is 19.3. The van der Waals surface area contributed by atoms with Crippen LogP contribution in [0.3, 0.4) is 0 Å². The van der Waals surface area contributed by atoms with Gasteiger partial charge in [-0.3, -0.25) is 9.59 Å². The topological polar surface area (TPSA) is 40.6 Å². The van der Waals surface area contributed by atoms with Crippen molar-refractivity contribution < 1.29 is 14.0 Å². The summed E-state index contributed by atoms with van der Waals surface area (Å²) in [6.45, 7) is 11.0. The summed E-state index contributed by atoms with van der Waals surface area (Å²) < 4.78 is 13.0. The molecular weight excluding hydrogens is 331 g/mol.